The Morgan fingerprint density at radius 3 is 2.41 bits per heavy atom. The van der Waals surface area contributed by atoms with Crippen molar-refractivity contribution in [1.82, 2.24) is 9.29 Å². The van der Waals surface area contributed by atoms with E-state index in [4.69, 9.17) is 0 Å². The molecule has 0 atom stereocenters. The molecule has 0 unspecified atom stereocenters. The van der Waals surface area contributed by atoms with Gasteiger partial charge in [-0.2, -0.15) is 4.31 Å². The number of unbranched alkanes of at least 4 members (excludes halogenated alkanes) is 1. The standard InChI is InChI=1S/C22H26N4O4S2/c1-4-6-13-26(5-2)32(29,30)18-10-7-16(8-11-18)21(28)25-22-24-19-12-9-17(23-15(3)27)14-20(19)31-22/h7-12,14H,4-6,13H2,1-3H3,(H,23,27)(H,24,25,28). The van der Waals surface area contributed by atoms with Gasteiger partial charge in [0.05, 0.1) is 15.1 Å². The summed E-state index contributed by atoms with van der Waals surface area (Å²) < 4.78 is 27.9. The summed E-state index contributed by atoms with van der Waals surface area (Å²) in [5.41, 5.74) is 1.69. The van der Waals surface area contributed by atoms with Crippen molar-refractivity contribution < 1.29 is 18.0 Å². The first kappa shape index (κ1) is 23.8. The number of thiazole rings is 1. The fraction of sp³-hybridized carbons (Fsp3) is 0.318. The molecule has 170 valence electrons. The van der Waals surface area contributed by atoms with Crippen LogP contribution in [-0.4, -0.2) is 42.6 Å². The number of sulfonamides is 1. The predicted octanol–water partition coefficient (Wildman–Crippen LogP) is 4.32. The van der Waals surface area contributed by atoms with Crippen molar-refractivity contribution in [1.29, 1.82) is 0 Å². The van der Waals surface area contributed by atoms with Gasteiger partial charge in [0.15, 0.2) is 5.13 Å². The van der Waals surface area contributed by atoms with Gasteiger partial charge in [-0.05, 0) is 48.9 Å². The van der Waals surface area contributed by atoms with Gasteiger partial charge < -0.3 is 5.32 Å². The normalized spacial score (nSPS) is 11.6. The van der Waals surface area contributed by atoms with E-state index < -0.39 is 10.0 Å². The summed E-state index contributed by atoms with van der Waals surface area (Å²) in [6, 6.07) is 11.2. The van der Waals surface area contributed by atoms with E-state index in [-0.39, 0.29) is 16.7 Å². The molecule has 0 saturated heterocycles. The molecule has 0 aliphatic heterocycles. The number of anilines is 2. The van der Waals surface area contributed by atoms with Crippen LogP contribution >= 0.6 is 11.3 Å². The molecule has 3 rings (SSSR count). The van der Waals surface area contributed by atoms with Gasteiger partial charge in [-0.3, -0.25) is 14.9 Å². The monoisotopic (exact) mass is 474 g/mol. The summed E-state index contributed by atoms with van der Waals surface area (Å²) in [7, 11) is -3.59. The average Bonchev–Trinajstić information content (AvgIpc) is 3.15. The molecular weight excluding hydrogens is 448 g/mol. The van der Waals surface area contributed by atoms with Crippen LogP contribution in [0.2, 0.25) is 0 Å². The Hall–Kier alpha value is -2.82. The molecule has 0 aliphatic carbocycles. The average molecular weight is 475 g/mol. The molecule has 0 aliphatic rings. The molecule has 0 radical (unpaired) electrons. The SMILES string of the molecule is CCCCN(CC)S(=O)(=O)c1ccc(C(=O)Nc2nc3ccc(NC(C)=O)cc3s2)cc1. The molecule has 3 aromatic rings. The van der Waals surface area contributed by atoms with Gasteiger partial charge in [0, 0.05) is 31.3 Å². The highest BCUT2D eigenvalue weighted by Crippen LogP contribution is 2.29. The van der Waals surface area contributed by atoms with E-state index in [9.17, 15) is 18.0 Å². The lowest BCUT2D eigenvalue weighted by atomic mass is 10.2. The van der Waals surface area contributed by atoms with E-state index in [2.05, 4.69) is 15.6 Å². The quantitative estimate of drug-likeness (QED) is 0.480. The number of carbonyl (C=O) groups is 2. The molecule has 0 saturated carbocycles. The minimum atomic E-state index is -3.59. The number of rotatable bonds is 9. The van der Waals surface area contributed by atoms with Crippen LogP contribution in [0.5, 0.6) is 0 Å². The molecule has 10 heteroatoms. The van der Waals surface area contributed by atoms with Crippen LogP contribution in [0.4, 0.5) is 10.8 Å². The van der Waals surface area contributed by atoms with Gasteiger partial charge >= 0.3 is 0 Å². The van der Waals surface area contributed by atoms with Crippen molar-refractivity contribution in [2.75, 3.05) is 23.7 Å². The lowest BCUT2D eigenvalue weighted by Gasteiger charge is -2.20. The summed E-state index contributed by atoms with van der Waals surface area (Å²) in [5, 5.41) is 5.88. The van der Waals surface area contributed by atoms with E-state index in [0.717, 1.165) is 17.5 Å². The molecule has 0 bridgehead atoms. The zero-order valence-corrected chi connectivity index (χ0v) is 19.8. The number of carbonyl (C=O) groups excluding carboxylic acids is 2. The lowest BCUT2D eigenvalue weighted by Crippen LogP contribution is -2.31. The molecule has 0 fully saturated rings. The summed E-state index contributed by atoms with van der Waals surface area (Å²) in [4.78, 5) is 28.4. The number of nitrogens with zero attached hydrogens (tertiary/aromatic N) is 2. The highest BCUT2D eigenvalue weighted by Gasteiger charge is 2.23. The molecule has 0 spiro atoms. The van der Waals surface area contributed by atoms with Gasteiger partial charge in [-0.1, -0.05) is 31.6 Å². The molecule has 1 aromatic heterocycles. The number of nitrogens with one attached hydrogen (secondary N) is 2. The van der Waals surface area contributed by atoms with Gasteiger partial charge in [0.25, 0.3) is 5.91 Å². The molecular formula is C22H26N4O4S2. The van der Waals surface area contributed by atoms with Crippen LogP contribution in [-0.2, 0) is 14.8 Å². The van der Waals surface area contributed by atoms with E-state index in [1.54, 1.807) is 18.2 Å². The Morgan fingerprint density at radius 1 is 1.06 bits per heavy atom. The van der Waals surface area contributed by atoms with Crippen molar-refractivity contribution in [2.24, 2.45) is 0 Å². The topological polar surface area (TPSA) is 108 Å². The maximum atomic E-state index is 12.8. The molecule has 8 nitrogen and oxygen atoms in total. The van der Waals surface area contributed by atoms with Crippen molar-refractivity contribution in [3.63, 3.8) is 0 Å². The Morgan fingerprint density at radius 2 is 1.78 bits per heavy atom. The highest BCUT2D eigenvalue weighted by atomic mass is 32.2. The predicted molar refractivity (Wildman–Crippen MR) is 128 cm³/mol. The van der Waals surface area contributed by atoms with Crippen molar-refractivity contribution in [3.05, 3.63) is 48.0 Å². The molecule has 2 amide bonds. The second kappa shape index (κ2) is 10.2. The van der Waals surface area contributed by atoms with Crippen LogP contribution in [0.15, 0.2) is 47.4 Å². The number of hydrogen-bond acceptors (Lipinski definition) is 6. The number of aromatic nitrogens is 1. The van der Waals surface area contributed by atoms with E-state index in [1.165, 1.54) is 46.8 Å². The van der Waals surface area contributed by atoms with Crippen LogP contribution in [0.3, 0.4) is 0 Å². The zero-order valence-electron chi connectivity index (χ0n) is 18.2. The fourth-order valence-corrected chi connectivity index (χ4v) is 5.53. The van der Waals surface area contributed by atoms with Crippen LogP contribution in [0.25, 0.3) is 10.2 Å². The van der Waals surface area contributed by atoms with Crippen LogP contribution < -0.4 is 10.6 Å². The number of amides is 2. The van der Waals surface area contributed by atoms with Gasteiger partial charge in [0.2, 0.25) is 15.9 Å². The summed E-state index contributed by atoms with van der Waals surface area (Å²) in [6.45, 7) is 6.13. The number of fused-ring (bicyclic) bond motifs is 1. The third-order valence-electron chi connectivity index (χ3n) is 4.80. The van der Waals surface area contributed by atoms with Crippen molar-refractivity contribution in [2.45, 2.75) is 38.5 Å². The molecule has 2 N–H and O–H groups in total. The first-order chi connectivity index (χ1) is 15.2. The molecule has 2 aromatic carbocycles. The van der Waals surface area contributed by atoms with E-state index >= 15 is 0 Å². The van der Waals surface area contributed by atoms with Gasteiger partial charge in [-0.25, -0.2) is 13.4 Å². The Kier molecular flexibility index (Phi) is 7.60. The van der Waals surface area contributed by atoms with Gasteiger partial charge in [0.1, 0.15) is 0 Å². The first-order valence-electron chi connectivity index (χ1n) is 10.3. The highest BCUT2D eigenvalue weighted by molar-refractivity contribution is 7.89. The third kappa shape index (κ3) is 5.50. The van der Waals surface area contributed by atoms with E-state index in [1.807, 2.05) is 13.8 Å². The summed E-state index contributed by atoms with van der Waals surface area (Å²) in [5.74, 6) is -0.548. The second-order valence-electron chi connectivity index (χ2n) is 7.21. The Balaban J connectivity index is 1.74. The van der Waals surface area contributed by atoms with Gasteiger partial charge in [-0.15, -0.1) is 0 Å². The Bertz CT molecular complexity index is 1220. The lowest BCUT2D eigenvalue weighted by molar-refractivity contribution is -0.114. The fourth-order valence-electron chi connectivity index (χ4n) is 3.14. The number of hydrogen-bond donors (Lipinski definition) is 2. The summed E-state index contributed by atoms with van der Waals surface area (Å²) >= 11 is 1.29. The smallest absolute Gasteiger partial charge is 0.257 e. The molecule has 1 heterocycles. The first-order valence-corrected chi connectivity index (χ1v) is 12.6. The zero-order chi connectivity index (χ0) is 23.3. The second-order valence-corrected chi connectivity index (χ2v) is 10.2. The maximum Gasteiger partial charge on any atom is 0.257 e. The van der Waals surface area contributed by atoms with Crippen molar-refractivity contribution >= 4 is 54.2 Å². The minimum absolute atomic E-state index is 0.164. The molecule has 32 heavy (non-hydrogen) atoms. The van der Waals surface area contributed by atoms with Crippen LogP contribution in [0, 0.1) is 0 Å². The number of benzene rings is 2. The minimum Gasteiger partial charge on any atom is -0.326 e. The summed E-state index contributed by atoms with van der Waals surface area (Å²) in [6.07, 6.45) is 1.70. The van der Waals surface area contributed by atoms with E-state index in [0.29, 0.717) is 35.0 Å². The van der Waals surface area contributed by atoms with Crippen LogP contribution in [0.1, 0.15) is 44.0 Å². The van der Waals surface area contributed by atoms with Crippen molar-refractivity contribution in [3.8, 4) is 0 Å². The largest absolute Gasteiger partial charge is 0.326 e. The maximum absolute atomic E-state index is 12.8. The Labute approximate surface area is 191 Å². The third-order valence-corrected chi connectivity index (χ3v) is 7.72.